The van der Waals surface area contributed by atoms with Crippen molar-refractivity contribution in [2.45, 2.75) is 25.3 Å². The van der Waals surface area contributed by atoms with Crippen molar-refractivity contribution in [1.82, 2.24) is 4.98 Å². The lowest BCUT2D eigenvalue weighted by atomic mass is 9.78. The van der Waals surface area contributed by atoms with Gasteiger partial charge in [-0.05, 0) is 62.6 Å². The minimum Gasteiger partial charge on any atom is -0.355 e. The number of hydrogen-bond donors (Lipinski definition) is 1. The molecule has 1 aliphatic heterocycles. The standard InChI is InChI=1S/C13H17Br2N3/c14-9-4-11(15)13(17-5-9)18-6-8-2-1-3-12(16)10(8)7-18/h4-5,8,10,12H,1-3,6-7,16H2. The summed E-state index contributed by atoms with van der Waals surface area (Å²) in [5, 5.41) is 0. The van der Waals surface area contributed by atoms with Crippen LogP contribution in [-0.2, 0) is 0 Å². The Kier molecular flexibility index (Phi) is 3.65. The van der Waals surface area contributed by atoms with Crippen LogP contribution in [-0.4, -0.2) is 24.1 Å². The van der Waals surface area contributed by atoms with Gasteiger partial charge in [0.15, 0.2) is 0 Å². The zero-order chi connectivity index (χ0) is 12.7. The summed E-state index contributed by atoms with van der Waals surface area (Å²) in [6.45, 7) is 2.16. The third kappa shape index (κ3) is 2.32. The Labute approximate surface area is 124 Å². The number of halogens is 2. The molecule has 3 nitrogen and oxygen atoms in total. The predicted molar refractivity (Wildman–Crippen MR) is 80.7 cm³/mol. The summed E-state index contributed by atoms with van der Waals surface area (Å²) in [5.41, 5.74) is 6.26. The predicted octanol–water partition coefficient (Wildman–Crippen LogP) is 3.17. The van der Waals surface area contributed by atoms with Crippen LogP contribution in [0.4, 0.5) is 5.82 Å². The van der Waals surface area contributed by atoms with Crippen LogP contribution in [0.1, 0.15) is 19.3 Å². The van der Waals surface area contributed by atoms with Crippen molar-refractivity contribution in [1.29, 1.82) is 0 Å². The van der Waals surface area contributed by atoms with Gasteiger partial charge in [0.1, 0.15) is 5.82 Å². The summed E-state index contributed by atoms with van der Waals surface area (Å²) in [5.74, 6) is 2.46. The summed E-state index contributed by atoms with van der Waals surface area (Å²) in [6.07, 6.45) is 5.65. The molecule has 5 heteroatoms. The van der Waals surface area contributed by atoms with Gasteiger partial charge < -0.3 is 10.6 Å². The highest BCUT2D eigenvalue weighted by atomic mass is 79.9. The van der Waals surface area contributed by atoms with Crippen molar-refractivity contribution < 1.29 is 0 Å². The Bertz CT molecular complexity index is 452. The zero-order valence-corrected chi connectivity index (χ0v) is 13.3. The number of anilines is 1. The van der Waals surface area contributed by atoms with E-state index < -0.39 is 0 Å². The van der Waals surface area contributed by atoms with Crippen molar-refractivity contribution in [3.8, 4) is 0 Å². The smallest absolute Gasteiger partial charge is 0.142 e. The maximum absolute atomic E-state index is 6.26. The van der Waals surface area contributed by atoms with E-state index >= 15 is 0 Å². The van der Waals surface area contributed by atoms with Crippen molar-refractivity contribution in [2.24, 2.45) is 17.6 Å². The Morgan fingerprint density at radius 3 is 2.83 bits per heavy atom. The Morgan fingerprint density at radius 1 is 1.28 bits per heavy atom. The van der Waals surface area contributed by atoms with E-state index in [4.69, 9.17) is 5.73 Å². The van der Waals surface area contributed by atoms with Gasteiger partial charge in [-0.2, -0.15) is 0 Å². The molecule has 3 unspecified atom stereocenters. The Balaban J connectivity index is 1.82. The molecule has 1 aromatic heterocycles. The van der Waals surface area contributed by atoms with E-state index in [1.54, 1.807) is 0 Å². The second-order valence-electron chi connectivity index (χ2n) is 5.38. The molecule has 0 spiro atoms. The first-order valence-corrected chi connectivity index (χ1v) is 8.05. The van der Waals surface area contributed by atoms with Gasteiger partial charge in [-0.15, -0.1) is 0 Å². The van der Waals surface area contributed by atoms with Gasteiger partial charge in [0, 0.05) is 29.8 Å². The molecule has 2 heterocycles. The summed E-state index contributed by atoms with van der Waals surface area (Å²) in [4.78, 5) is 6.92. The highest BCUT2D eigenvalue weighted by Crippen LogP contribution is 2.39. The molecule has 1 aromatic rings. The van der Waals surface area contributed by atoms with Crippen LogP contribution in [0, 0.1) is 11.8 Å². The third-order valence-electron chi connectivity index (χ3n) is 4.24. The van der Waals surface area contributed by atoms with Crippen LogP contribution in [0.3, 0.4) is 0 Å². The lowest BCUT2D eigenvalue weighted by Crippen LogP contribution is -2.38. The van der Waals surface area contributed by atoms with Gasteiger partial charge >= 0.3 is 0 Å². The minimum absolute atomic E-state index is 0.378. The molecule has 98 valence electrons. The molecule has 0 aromatic carbocycles. The average molecular weight is 375 g/mol. The van der Waals surface area contributed by atoms with Gasteiger partial charge in [-0.1, -0.05) is 6.42 Å². The summed E-state index contributed by atoms with van der Waals surface area (Å²) >= 11 is 7.05. The minimum atomic E-state index is 0.378. The van der Waals surface area contributed by atoms with E-state index in [1.807, 2.05) is 6.20 Å². The molecule has 1 aliphatic carbocycles. The molecule has 0 amide bonds. The van der Waals surface area contributed by atoms with E-state index in [-0.39, 0.29) is 0 Å². The third-order valence-corrected chi connectivity index (χ3v) is 5.26. The Hall–Kier alpha value is -0.130. The van der Waals surface area contributed by atoms with Crippen LogP contribution >= 0.6 is 31.9 Å². The Morgan fingerprint density at radius 2 is 2.11 bits per heavy atom. The maximum Gasteiger partial charge on any atom is 0.142 e. The van der Waals surface area contributed by atoms with Crippen LogP contribution < -0.4 is 10.6 Å². The number of aromatic nitrogens is 1. The fourth-order valence-electron chi connectivity index (χ4n) is 3.33. The number of rotatable bonds is 1. The largest absolute Gasteiger partial charge is 0.355 e. The number of pyridine rings is 1. The summed E-state index contributed by atoms with van der Waals surface area (Å²) < 4.78 is 2.07. The SMILES string of the molecule is NC1CCCC2CN(c3ncc(Br)cc3Br)CC12. The first-order valence-electron chi connectivity index (χ1n) is 6.46. The second kappa shape index (κ2) is 5.10. The average Bonchev–Trinajstić information content (AvgIpc) is 2.74. The molecule has 2 fully saturated rings. The summed E-state index contributed by atoms with van der Waals surface area (Å²) in [7, 11) is 0. The van der Waals surface area contributed by atoms with Gasteiger partial charge in [-0.25, -0.2) is 4.98 Å². The summed E-state index contributed by atoms with van der Waals surface area (Å²) in [6, 6.07) is 2.44. The monoisotopic (exact) mass is 373 g/mol. The van der Waals surface area contributed by atoms with E-state index in [2.05, 4.69) is 47.8 Å². The zero-order valence-electron chi connectivity index (χ0n) is 10.1. The number of hydrogen-bond acceptors (Lipinski definition) is 3. The van der Waals surface area contributed by atoms with Crippen molar-refractivity contribution in [3.05, 3.63) is 21.2 Å². The molecule has 3 rings (SSSR count). The second-order valence-corrected chi connectivity index (χ2v) is 7.15. The molecule has 0 radical (unpaired) electrons. The highest BCUT2D eigenvalue weighted by Gasteiger charge is 2.39. The van der Waals surface area contributed by atoms with Gasteiger partial charge in [0.2, 0.25) is 0 Å². The number of nitrogens with two attached hydrogens (primary N) is 1. The van der Waals surface area contributed by atoms with Gasteiger partial charge in [0.05, 0.1) is 4.47 Å². The topological polar surface area (TPSA) is 42.1 Å². The first kappa shape index (κ1) is 12.9. The highest BCUT2D eigenvalue weighted by molar-refractivity contribution is 9.11. The van der Waals surface area contributed by atoms with Crippen molar-refractivity contribution in [2.75, 3.05) is 18.0 Å². The first-order chi connectivity index (χ1) is 8.65. The van der Waals surface area contributed by atoms with Crippen LogP contribution in [0.15, 0.2) is 21.2 Å². The van der Waals surface area contributed by atoms with E-state index in [0.29, 0.717) is 12.0 Å². The maximum atomic E-state index is 6.26. The number of nitrogens with zero attached hydrogens (tertiary/aromatic N) is 2. The van der Waals surface area contributed by atoms with Crippen molar-refractivity contribution in [3.63, 3.8) is 0 Å². The molecule has 0 bridgehead atoms. The van der Waals surface area contributed by atoms with Gasteiger partial charge in [-0.3, -0.25) is 0 Å². The normalized spacial score (nSPS) is 31.5. The fraction of sp³-hybridized carbons (Fsp3) is 0.615. The lowest BCUT2D eigenvalue weighted by Gasteiger charge is -2.29. The molecular formula is C13H17Br2N3. The molecule has 1 saturated heterocycles. The molecule has 2 N–H and O–H groups in total. The molecular weight excluding hydrogens is 358 g/mol. The van der Waals surface area contributed by atoms with E-state index in [0.717, 1.165) is 33.8 Å². The molecule has 18 heavy (non-hydrogen) atoms. The molecule has 1 saturated carbocycles. The van der Waals surface area contributed by atoms with Crippen LogP contribution in [0.5, 0.6) is 0 Å². The van der Waals surface area contributed by atoms with Gasteiger partial charge in [0.25, 0.3) is 0 Å². The quantitative estimate of drug-likeness (QED) is 0.820. The number of fused-ring (bicyclic) bond motifs is 1. The van der Waals surface area contributed by atoms with Crippen molar-refractivity contribution >= 4 is 37.7 Å². The van der Waals surface area contributed by atoms with E-state index in [1.165, 1.54) is 19.3 Å². The lowest BCUT2D eigenvalue weighted by molar-refractivity contribution is 0.260. The van der Waals surface area contributed by atoms with Crippen LogP contribution in [0.2, 0.25) is 0 Å². The fourth-order valence-corrected chi connectivity index (χ4v) is 4.57. The molecule has 3 atom stereocenters. The van der Waals surface area contributed by atoms with Crippen LogP contribution in [0.25, 0.3) is 0 Å². The van der Waals surface area contributed by atoms with E-state index in [9.17, 15) is 0 Å². The molecule has 2 aliphatic rings.